The van der Waals surface area contributed by atoms with Crippen LogP contribution in [0.5, 0.6) is 0 Å². The van der Waals surface area contributed by atoms with Gasteiger partial charge in [-0.05, 0) is 56.6 Å². The SMILES string of the molecule is C[C@H]1C[C@@H]2[C@@H]3CCC4=CC(=O)C=C[C@]4(C)[C@@]3(F)[C@H](O)C[C@]2(C)[C@@]1(O)C(=O)COP(=O)([O-])[O-]. The first-order valence-electron chi connectivity index (χ1n) is 10.8. The zero-order chi connectivity index (χ0) is 23.9. The molecule has 0 radical (unpaired) electrons. The maximum absolute atomic E-state index is 17.0. The van der Waals surface area contributed by atoms with Gasteiger partial charge in [0.25, 0.3) is 0 Å². The number of carbonyl (C=O) groups excluding carboxylic acids is 2. The second kappa shape index (κ2) is 7.14. The van der Waals surface area contributed by atoms with Crippen molar-refractivity contribution in [3.63, 3.8) is 0 Å². The minimum atomic E-state index is -5.43. The topological polar surface area (TPSA) is 147 Å². The number of phosphoric acid groups is 1. The molecule has 0 bridgehead atoms. The Morgan fingerprint density at radius 2 is 2.00 bits per heavy atom. The highest BCUT2D eigenvalue weighted by Crippen LogP contribution is 2.70. The lowest BCUT2D eigenvalue weighted by atomic mass is 9.44. The second-order valence-corrected chi connectivity index (χ2v) is 11.5. The Kier molecular flexibility index (Phi) is 5.34. The highest BCUT2D eigenvalue weighted by molar-refractivity contribution is 7.43. The Balaban J connectivity index is 1.74. The standard InChI is InChI=1S/C22H30FO8P/c1-12-8-16-15-5-4-13-9-14(24)6-7-19(13,2)21(15,23)17(25)10-20(16,3)22(12,27)18(26)11-31-32(28,29)30/h6-7,9,12,15-17,25,27H,4-5,8,10-11H2,1-3H3,(H2,28,29,30)/p-2/t12-,15-,16+,17+,19-,20-,21-,22-/m0/s1. The number of hydrogen-bond acceptors (Lipinski definition) is 8. The van der Waals surface area contributed by atoms with Crippen LogP contribution in [-0.2, 0) is 18.7 Å². The molecular formula is C22H28FO8P-2. The normalized spacial score (nSPS) is 48.0. The number of alkyl halides is 1. The average molecular weight is 470 g/mol. The van der Waals surface area contributed by atoms with Gasteiger partial charge in [-0.15, -0.1) is 0 Å². The third kappa shape index (κ3) is 2.95. The van der Waals surface area contributed by atoms with Crippen molar-refractivity contribution in [1.82, 2.24) is 0 Å². The van der Waals surface area contributed by atoms with Crippen LogP contribution in [0.25, 0.3) is 0 Å². The van der Waals surface area contributed by atoms with Crippen molar-refractivity contribution in [1.29, 1.82) is 0 Å². The molecule has 0 amide bonds. The first-order chi connectivity index (χ1) is 14.6. The summed E-state index contributed by atoms with van der Waals surface area (Å²) in [5.41, 5.74) is -6.03. The molecule has 178 valence electrons. The molecular weight excluding hydrogens is 442 g/mol. The van der Waals surface area contributed by atoms with Crippen LogP contribution >= 0.6 is 7.82 Å². The molecule has 0 aromatic rings. The molecule has 32 heavy (non-hydrogen) atoms. The summed E-state index contributed by atoms with van der Waals surface area (Å²) in [6, 6.07) is 0. The van der Waals surface area contributed by atoms with E-state index in [4.69, 9.17) is 0 Å². The molecule has 3 fully saturated rings. The molecule has 8 nitrogen and oxygen atoms in total. The number of allylic oxidation sites excluding steroid dienone is 4. The first-order valence-corrected chi connectivity index (χ1v) is 12.3. The molecule has 0 heterocycles. The van der Waals surface area contributed by atoms with Gasteiger partial charge in [0, 0.05) is 16.7 Å². The number of fused-ring (bicyclic) bond motifs is 5. The van der Waals surface area contributed by atoms with Crippen LogP contribution in [0.3, 0.4) is 0 Å². The van der Waals surface area contributed by atoms with Crippen molar-refractivity contribution in [2.45, 2.75) is 63.8 Å². The zero-order valence-electron chi connectivity index (χ0n) is 18.2. The summed E-state index contributed by atoms with van der Waals surface area (Å²) in [5, 5.41) is 22.8. The monoisotopic (exact) mass is 470 g/mol. The largest absolute Gasteiger partial charge is 0.790 e. The summed E-state index contributed by atoms with van der Waals surface area (Å²) < 4.78 is 32.0. The van der Waals surface area contributed by atoms with Crippen molar-refractivity contribution in [2.24, 2.45) is 28.6 Å². The van der Waals surface area contributed by atoms with E-state index in [0.29, 0.717) is 18.4 Å². The maximum Gasteiger partial charge on any atom is 0.191 e. The van der Waals surface area contributed by atoms with Gasteiger partial charge in [0.1, 0.15) is 12.2 Å². The molecule has 0 aromatic heterocycles. The predicted molar refractivity (Wildman–Crippen MR) is 106 cm³/mol. The fraction of sp³-hybridized carbons (Fsp3) is 0.727. The number of ketones is 2. The molecule has 10 heteroatoms. The van der Waals surface area contributed by atoms with E-state index in [1.165, 1.54) is 18.2 Å². The van der Waals surface area contributed by atoms with E-state index < -0.39 is 66.2 Å². The predicted octanol–water partition coefficient (Wildman–Crippen LogP) is 0.749. The van der Waals surface area contributed by atoms with Crippen molar-refractivity contribution < 1.29 is 43.1 Å². The second-order valence-electron chi connectivity index (χ2n) is 10.3. The van der Waals surface area contributed by atoms with E-state index in [0.717, 1.165) is 0 Å². The number of aliphatic hydroxyl groups is 2. The number of carbonyl (C=O) groups is 2. The van der Waals surface area contributed by atoms with Gasteiger partial charge in [-0.25, -0.2) is 4.39 Å². The maximum atomic E-state index is 17.0. The molecule has 2 N–H and O–H groups in total. The number of aliphatic hydroxyl groups excluding tert-OH is 1. The van der Waals surface area contributed by atoms with E-state index in [9.17, 15) is 34.2 Å². The summed E-state index contributed by atoms with van der Waals surface area (Å²) in [4.78, 5) is 46.6. The number of rotatable bonds is 4. The number of phosphoric ester groups is 1. The van der Waals surface area contributed by atoms with Gasteiger partial charge in [-0.3, -0.25) is 9.59 Å². The fourth-order valence-corrected chi connectivity index (χ4v) is 7.66. The lowest BCUT2D eigenvalue weighted by Crippen LogP contribution is -2.69. The minimum absolute atomic E-state index is 0.224. The number of Topliss-reactive ketones (excluding diaryl/α,β-unsaturated/α-hetero) is 1. The van der Waals surface area contributed by atoms with Gasteiger partial charge in [0.15, 0.2) is 17.2 Å². The van der Waals surface area contributed by atoms with Crippen LogP contribution in [0, 0.1) is 28.6 Å². The Morgan fingerprint density at radius 3 is 2.62 bits per heavy atom. The van der Waals surface area contributed by atoms with Gasteiger partial charge in [-0.2, -0.15) is 0 Å². The van der Waals surface area contributed by atoms with Gasteiger partial charge < -0.3 is 29.1 Å². The van der Waals surface area contributed by atoms with Crippen molar-refractivity contribution in [2.75, 3.05) is 6.61 Å². The van der Waals surface area contributed by atoms with Crippen molar-refractivity contribution in [3.8, 4) is 0 Å². The molecule has 3 saturated carbocycles. The molecule has 0 aromatic carbocycles. The Bertz CT molecular complexity index is 973. The summed E-state index contributed by atoms with van der Waals surface area (Å²) in [6.07, 6.45) is 3.54. The number of halogens is 1. The van der Waals surface area contributed by atoms with E-state index in [1.54, 1.807) is 20.8 Å². The molecule has 0 aliphatic heterocycles. The first kappa shape index (κ1) is 23.9. The van der Waals surface area contributed by atoms with Gasteiger partial charge in [0.2, 0.25) is 0 Å². The number of hydrogen-bond donors (Lipinski definition) is 2. The molecule has 0 unspecified atom stereocenters. The van der Waals surface area contributed by atoms with Crippen LogP contribution in [0.15, 0.2) is 23.8 Å². The third-order valence-electron chi connectivity index (χ3n) is 9.00. The van der Waals surface area contributed by atoms with Crippen LogP contribution in [0.4, 0.5) is 4.39 Å². The van der Waals surface area contributed by atoms with Gasteiger partial charge in [-0.1, -0.05) is 25.5 Å². The van der Waals surface area contributed by atoms with Gasteiger partial charge in [0.05, 0.1) is 13.9 Å². The third-order valence-corrected chi connectivity index (χ3v) is 9.45. The van der Waals surface area contributed by atoms with Gasteiger partial charge >= 0.3 is 0 Å². The Labute approximate surface area is 185 Å². The van der Waals surface area contributed by atoms with E-state index in [2.05, 4.69) is 4.52 Å². The lowest BCUT2D eigenvalue weighted by molar-refractivity contribution is -0.341. The van der Waals surface area contributed by atoms with Crippen LogP contribution in [0.2, 0.25) is 0 Å². The smallest absolute Gasteiger partial charge is 0.191 e. The van der Waals surface area contributed by atoms with E-state index >= 15 is 4.39 Å². The lowest BCUT2D eigenvalue weighted by Gasteiger charge is -2.62. The highest BCUT2D eigenvalue weighted by atomic mass is 31.2. The Morgan fingerprint density at radius 1 is 1.34 bits per heavy atom. The molecule has 4 aliphatic carbocycles. The summed E-state index contributed by atoms with van der Waals surface area (Å²) in [5.74, 6) is -3.06. The molecule has 0 saturated heterocycles. The highest BCUT2D eigenvalue weighted by Gasteiger charge is 2.75. The molecule has 4 rings (SSSR count). The van der Waals surface area contributed by atoms with Crippen LogP contribution in [0.1, 0.15) is 46.5 Å². The minimum Gasteiger partial charge on any atom is -0.790 e. The summed E-state index contributed by atoms with van der Waals surface area (Å²) in [6.45, 7) is 3.80. The summed E-state index contributed by atoms with van der Waals surface area (Å²) in [7, 11) is -5.43. The van der Waals surface area contributed by atoms with Crippen LogP contribution < -0.4 is 9.79 Å². The molecule has 8 atom stereocenters. The fourth-order valence-electron chi connectivity index (χ4n) is 7.39. The zero-order valence-corrected chi connectivity index (χ0v) is 19.1. The van der Waals surface area contributed by atoms with Crippen molar-refractivity contribution in [3.05, 3.63) is 23.8 Å². The average Bonchev–Trinajstić information content (AvgIpc) is 2.89. The molecule has 4 aliphatic rings. The van der Waals surface area contributed by atoms with E-state index in [-0.39, 0.29) is 18.6 Å². The summed E-state index contributed by atoms with van der Waals surface area (Å²) >= 11 is 0. The molecule has 0 spiro atoms. The van der Waals surface area contributed by atoms with Crippen molar-refractivity contribution >= 4 is 19.4 Å². The Hall–Kier alpha value is -1.22. The quantitative estimate of drug-likeness (QED) is 0.572. The van der Waals surface area contributed by atoms with Crippen LogP contribution in [-0.4, -0.2) is 45.8 Å². The van der Waals surface area contributed by atoms with E-state index in [1.807, 2.05) is 0 Å².